The fraction of sp³-hybridized carbons (Fsp3) is 0.0625. The zero-order chi connectivity index (χ0) is 15.5. The second-order valence-electron chi connectivity index (χ2n) is 4.33. The summed E-state index contributed by atoms with van der Waals surface area (Å²) in [7, 11) is 0. The summed E-state index contributed by atoms with van der Waals surface area (Å²) >= 11 is 5.71. The topological polar surface area (TPSA) is 17.1 Å². The first-order valence-corrected chi connectivity index (χ1v) is 6.39. The molecule has 2 aromatic carbocycles. The van der Waals surface area contributed by atoms with Crippen molar-refractivity contribution in [3.63, 3.8) is 0 Å². The van der Waals surface area contributed by atoms with Crippen molar-refractivity contribution in [3.8, 4) is 0 Å². The Bertz CT molecular complexity index is 673. The summed E-state index contributed by atoms with van der Waals surface area (Å²) < 4.78 is 37.7. The molecule has 0 spiro atoms. The Morgan fingerprint density at radius 3 is 2.33 bits per heavy atom. The van der Waals surface area contributed by atoms with Crippen LogP contribution in [0.3, 0.4) is 0 Å². The van der Waals surface area contributed by atoms with Crippen molar-refractivity contribution in [3.05, 3.63) is 76.3 Å². The largest absolute Gasteiger partial charge is 0.416 e. The number of halogens is 4. The predicted octanol–water partition coefficient (Wildman–Crippen LogP) is 5.25. The number of carbonyl (C=O) groups excluding carboxylic acids is 1. The smallest absolute Gasteiger partial charge is 0.289 e. The molecule has 0 aromatic heterocycles. The summed E-state index contributed by atoms with van der Waals surface area (Å²) in [5.41, 5.74) is -0.0154. The minimum absolute atomic E-state index is 0.302. The molecular formula is C16H10ClF3O. The fourth-order valence-electron chi connectivity index (χ4n) is 1.70. The molecule has 0 unspecified atom stereocenters. The van der Waals surface area contributed by atoms with Crippen LogP contribution in [0.15, 0.2) is 54.6 Å². The van der Waals surface area contributed by atoms with E-state index in [1.54, 1.807) is 24.3 Å². The third-order valence-electron chi connectivity index (χ3n) is 2.77. The molecule has 0 bridgehead atoms. The molecular weight excluding hydrogens is 301 g/mol. The second-order valence-corrected chi connectivity index (χ2v) is 4.76. The molecule has 0 heterocycles. The van der Waals surface area contributed by atoms with Gasteiger partial charge in [-0.1, -0.05) is 29.8 Å². The summed E-state index contributed by atoms with van der Waals surface area (Å²) in [4.78, 5) is 11.9. The van der Waals surface area contributed by atoms with Crippen LogP contribution in [0.25, 0.3) is 6.08 Å². The van der Waals surface area contributed by atoms with Crippen LogP contribution >= 0.6 is 11.6 Å². The molecule has 0 atom stereocenters. The molecule has 0 saturated heterocycles. The van der Waals surface area contributed by atoms with Crippen molar-refractivity contribution >= 4 is 23.5 Å². The minimum atomic E-state index is -4.40. The van der Waals surface area contributed by atoms with E-state index >= 15 is 0 Å². The normalized spacial score (nSPS) is 11.8. The van der Waals surface area contributed by atoms with E-state index in [0.717, 1.165) is 12.1 Å². The van der Waals surface area contributed by atoms with Crippen molar-refractivity contribution < 1.29 is 18.0 Å². The van der Waals surface area contributed by atoms with E-state index in [9.17, 15) is 18.0 Å². The first-order chi connectivity index (χ1) is 9.86. The Balaban J connectivity index is 2.17. The molecule has 0 N–H and O–H groups in total. The van der Waals surface area contributed by atoms with Gasteiger partial charge in [0.15, 0.2) is 5.78 Å². The van der Waals surface area contributed by atoms with Gasteiger partial charge in [0.05, 0.1) is 5.56 Å². The van der Waals surface area contributed by atoms with Gasteiger partial charge in [0.25, 0.3) is 0 Å². The van der Waals surface area contributed by atoms with Crippen molar-refractivity contribution in [1.82, 2.24) is 0 Å². The van der Waals surface area contributed by atoms with Crippen molar-refractivity contribution in [2.75, 3.05) is 0 Å². The lowest BCUT2D eigenvalue weighted by Crippen LogP contribution is -2.04. The van der Waals surface area contributed by atoms with Gasteiger partial charge in [-0.25, -0.2) is 0 Å². The van der Waals surface area contributed by atoms with Crippen LogP contribution < -0.4 is 0 Å². The zero-order valence-corrected chi connectivity index (χ0v) is 11.4. The highest BCUT2D eigenvalue weighted by atomic mass is 35.5. The van der Waals surface area contributed by atoms with Gasteiger partial charge < -0.3 is 0 Å². The molecule has 2 aromatic rings. The first kappa shape index (κ1) is 15.3. The van der Waals surface area contributed by atoms with E-state index in [2.05, 4.69) is 0 Å². The molecule has 2 rings (SSSR count). The van der Waals surface area contributed by atoms with Gasteiger partial charge in [-0.15, -0.1) is 0 Å². The summed E-state index contributed by atoms with van der Waals surface area (Å²) in [5, 5.41) is 0.508. The second kappa shape index (κ2) is 6.14. The Labute approximate surface area is 124 Å². The van der Waals surface area contributed by atoms with Gasteiger partial charge >= 0.3 is 6.18 Å². The standard InChI is InChI=1S/C16H10ClF3O/c17-14-7-5-12(6-8-14)15(21)9-4-11-2-1-3-13(10-11)16(18,19)20/h1-10H/b9-4+. The third-order valence-corrected chi connectivity index (χ3v) is 3.02. The average molecular weight is 311 g/mol. The number of benzene rings is 2. The number of allylic oxidation sites excluding steroid dienone is 1. The SMILES string of the molecule is O=C(/C=C/c1cccc(C(F)(F)F)c1)c1ccc(Cl)cc1. The summed E-state index contributed by atoms with van der Waals surface area (Å²) in [6, 6.07) is 11.0. The van der Waals surface area contributed by atoms with Crippen LogP contribution in [0.5, 0.6) is 0 Å². The maximum absolute atomic E-state index is 12.6. The van der Waals surface area contributed by atoms with Crippen molar-refractivity contribution in [2.45, 2.75) is 6.18 Å². The van der Waals surface area contributed by atoms with Crippen LogP contribution in [-0.2, 0) is 6.18 Å². The van der Waals surface area contributed by atoms with Crippen LogP contribution in [0.2, 0.25) is 5.02 Å². The molecule has 0 radical (unpaired) electrons. The molecule has 21 heavy (non-hydrogen) atoms. The summed E-state index contributed by atoms with van der Waals surface area (Å²) in [6.45, 7) is 0. The highest BCUT2D eigenvalue weighted by Crippen LogP contribution is 2.29. The summed E-state index contributed by atoms with van der Waals surface area (Å²) in [6.07, 6.45) is -1.81. The predicted molar refractivity (Wildman–Crippen MR) is 76.3 cm³/mol. The number of ketones is 1. The maximum atomic E-state index is 12.6. The lowest BCUT2D eigenvalue weighted by atomic mass is 10.1. The highest BCUT2D eigenvalue weighted by molar-refractivity contribution is 6.30. The van der Waals surface area contributed by atoms with E-state index in [1.807, 2.05) is 0 Å². The van der Waals surface area contributed by atoms with E-state index in [1.165, 1.54) is 24.3 Å². The number of alkyl halides is 3. The van der Waals surface area contributed by atoms with Crippen molar-refractivity contribution in [2.24, 2.45) is 0 Å². The van der Waals surface area contributed by atoms with Gasteiger partial charge in [0, 0.05) is 10.6 Å². The maximum Gasteiger partial charge on any atom is 0.416 e. The Hall–Kier alpha value is -2.07. The van der Waals surface area contributed by atoms with Crippen molar-refractivity contribution in [1.29, 1.82) is 0 Å². The van der Waals surface area contributed by atoms with Crippen LogP contribution in [0.1, 0.15) is 21.5 Å². The zero-order valence-electron chi connectivity index (χ0n) is 10.7. The molecule has 108 valence electrons. The fourth-order valence-corrected chi connectivity index (χ4v) is 1.83. The molecule has 0 aliphatic heterocycles. The molecule has 0 saturated carbocycles. The third kappa shape index (κ3) is 4.20. The highest BCUT2D eigenvalue weighted by Gasteiger charge is 2.30. The Morgan fingerprint density at radius 1 is 1.05 bits per heavy atom. The average Bonchev–Trinajstić information content (AvgIpc) is 2.45. The molecule has 0 aliphatic carbocycles. The number of hydrogen-bond donors (Lipinski definition) is 0. The molecule has 5 heteroatoms. The van der Waals surface area contributed by atoms with E-state index in [4.69, 9.17) is 11.6 Å². The van der Waals surface area contributed by atoms with E-state index in [-0.39, 0.29) is 5.78 Å². The van der Waals surface area contributed by atoms with Gasteiger partial charge in [0.2, 0.25) is 0 Å². The van der Waals surface area contributed by atoms with E-state index < -0.39 is 11.7 Å². The number of carbonyl (C=O) groups is 1. The number of hydrogen-bond acceptors (Lipinski definition) is 1. The lowest BCUT2D eigenvalue weighted by molar-refractivity contribution is -0.137. The quantitative estimate of drug-likeness (QED) is 0.558. The molecule has 0 fully saturated rings. The first-order valence-electron chi connectivity index (χ1n) is 6.01. The summed E-state index contributed by atoms with van der Waals surface area (Å²) in [5.74, 6) is -0.302. The Kier molecular flexibility index (Phi) is 4.48. The number of rotatable bonds is 3. The van der Waals surface area contributed by atoms with Crippen LogP contribution in [0.4, 0.5) is 13.2 Å². The molecule has 1 nitrogen and oxygen atoms in total. The van der Waals surface area contributed by atoms with Gasteiger partial charge in [-0.2, -0.15) is 13.2 Å². The van der Waals surface area contributed by atoms with Crippen LogP contribution in [-0.4, -0.2) is 5.78 Å². The van der Waals surface area contributed by atoms with Gasteiger partial charge in [-0.3, -0.25) is 4.79 Å². The van der Waals surface area contributed by atoms with Gasteiger partial charge in [0.1, 0.15) is 0 Å². The van der Waals surface area contributed by atoms with Gasteiger partial charge in [-0.05, 0) is 48.0 Å². The van der Waals surface area contributed by atoms with E-state index in [0.29, 0.717) is 16.1 Å². The lowest BCUT2D eigenvalue weighted by Gasteiger charge is -2.06. The van der Waals surface area contributed by atoms with Crippen LogP contribution in [0, 0.1) is 0 Å². The minimum Gasteiger partial charge on any atom is -0.289 e. The Morgan fingerprint density at radius 2 is 1.71 bits per heavy atom. The monoisotopic (exact) mass is 310 g/mol. The molecule has 0 aliphatic rings. The molecule has 0 amide bonds.